The second-order valence-electron chi connectivity index (χ2n) is 6.85. The molecule has 1 saturated heterocycles. The summed E-state index contributed by atoms with van der Waals surface area (Å²) in [4.78, 5) is 14.1. The molecule has 0 aliphatic carbocycles. The summed E-state index contributed by atoms with van der Waals surface area (Å²) in [6.07, 6.45) is 0.781. The Labute approximate surface area is 135 Å². The van der Waals surface area contributed by atoms with Crippen LogP contribution in [0.15, 0.2) is 24.3 Å². The van der Waals surface area contributed by atoms with Crippen LogP contribution in [0.5, 0.6) is 0 Å². The van der Waals surface area contributed by atoms with Gasteiger partial charge in [-0.1, -0.05) is 32.0 Å². The van der Waals surface area contributed by atoms with E-state index in [0.717, 1.165) is 30.6 Å². The van der Waals surface area contributed by atoms with E-state index in [0.29, 0.717) is 24.3 Å². The van der Waals surface area contributed by atoms with Crippen molar-refractivity contribution in [1.82, 2.24) is 30.8 Å². The van der Waals surface area contributed by atoms with Crippen LogP contribution >= 0.6 is 0 Å². The molecule has 0 radical (unpaired) electrons. The minimum Gasteiger partial charge on any atom is -0.355 e. The molecule has 3 rings (SSSR count). The lowest BCUT2D eigenvalue weighted by atomic mass is 9.84. The molecule has 2 aromatic rings. The number of aromatic nitrogens is 4. The van der Waals surface area contributed by atoms with Crippen molar-refractivity contribution in [3.8, 4) is 11.4 Å². The Hall–Kier alpha value is -2.28. The lowest BCUT2D eigenvalue weighted by molar-refractivity contribution is -0.124. The van der Waals surface area contributed by atoms with Gasteiger partial charge in [0, 0.05) is 25.2 Å². The number of H-pyrrole nitrogens is 1. The number of rotatable bonds is 6. The molecule has 1 aliphatic rings. The molecule has 122 valence electrons. The SMILES string of the molecule is CC1(C)CN(CC(=O)NCCc2cccc(-c3nn[nH]n3)c2)C1. The molecule has 0 bridgehead atoms. The molecule has 1 aromatic carbocycles. The van der Waals surface area contributed by atoms with Crippen molar-refractivity contribution >= 4 is 5.91 Å². The van der Waals surface area contributed by atoms with E-state index in [9.17, 15) is 4.79 Å². The monoisotopic (exact) mass is 314 g/mol. The van der Waals surface area contributed by atoms with Crippen molar-refractivity contribution in [2.24, 2.45) is 5.41 Å². The molecule has 23 heavy (non-hydrogen) atoms. The first-order valence-corrected chi connectivity index (χ1v) is 7.84. The molecule has 7 heteroatoms. The second kappa shape index (κ2) is 6.45. The average molecular weight is 314 g/mol. The van der Waals surface area contributed by atoms with Crippen molar-refractivity contribution in [2.45, 2.75) is 20.3 Å². The number of nitrogens with zero attached hydrogens (tertiary/aromatic N) is 4. The van der Waals surface area contributed by atoms with Crippen LogP contribution in [0.4, 0.5) is 0 Å². The van der Waals surface area contributed by atoms with Crippen LogP contribution in [-0.4, -0.2) is 57.6 Å². The van der Waals surface area contributed by atoms with Crippen molar-refractivity contribution in [2.75, 3.05) is 26.2 Å². The third-order valence-electron chi connectivity index (χ3n) is 3.94. The fourth-order valence-corrected chi connectivity index (χ4v) is 3.03. The molecule has 0 spiro atoms. The molecule has 1 fully saturated rings. The Kier molecular flexibility index (Phi) is 4.38. The minimum atomic E-state index is 0.0924. The highest BCUT2D eigenvalue weighted by Crippen LogP contribution is 2.27. The summed E-state index contributed by atoms with van der Waals surface area (Å²) in [7, 11) is 0. The van der Waals surface area contributed by atoms with E-state index >= 15 is 0 Å². The minimum absolute atomic E-state index is 0.0924. The summed E-state index contributed by atoms with van der Waals surface area (Å²) in [6, 6.07) is 7.96. The molecule has 0 unspecified atom stereocenters. The van der Waals surface area contributed by atoms with Gasteiger partial charge in [-0.25, -0.2) is 0 Å². The van der Waals surface area contributed by atoms with Gasteiger partial charge in [-0.15, -0.1) is 10.2 Å². The topological polar surface area (TPSA) is 86.8 Å². The number of benzene rings is 1. The molecular weight excluding hydrogens is 292 g/mol. The van der Waals surface area contributed by atoms with Crippen molar-refractivity contribution in [3.05, 3.63) is 29.8 Å². The maximum Gasteiger partial charge on any atom is 0.234 e. The maximum absolute atomic E-state index is 11.9. The van der Waals surface area contributed by atoms with Crippen LogP contribution < -0.4 is 5.32 Å². The van der Waals surface area contributed by atoms with E-state index in [1.54, 1.807) is 0 Å². The van der Waals surface area contributed by atoms with Gasteiger partial charge in [-0.2, -0.15) is 5.21 Å². The number of hydrogen-bond donors (Lipinski definition) is 2. The first kappa shape index (κ1) is 15.6. The average Bonchev–Trinajstić information content (AvgIpc) is 3.00. The molecule has 0 saturated carbocycles. The van der Waals surface area contributed by atoms with Crippen LogP contribution in [0.2, 0.25) is 0 Å². The zero-order valence-corrected chi connectivity index (χ0v) is 13.5. The Bertz CT molecular complexity index is 659. The highest BCUT2D eigenvalue weighted by atomic mass is 16.2. The summed E-state index contributed by atoms with van der Waals surface area (Å²) < 4.78 is 0. The maximum atomic E-state index is 11.9. The van der Waals surface area contributed by atoms with Crippen molar-refractivity contribution in [1.29, 1.82) is 0 Å². The quantitative estimate of drug-likeness (QED) is 0.826. The number of aromatic amines is 1. The smallest absolute Gasteiger partial charge is 0.234 e. The molecule has 2 N–H and O–H groups in total. The molecular formula is C16H22N6O. The van der Waals surface area contributed by atoms with Crippen LogP contribution in [0.1, 0.15) is 19.4 Å². The van der Waals surface area contributed by atoms with Gasteiger partial charge in [0.1, 0.15) is 0 Å². The standard InChI is InChI=1S/C16H22N6O/c1-16(2)10-22(11-16)9-14(23)17-7-6-12-4-3-5-13(8-12)15-18-20-21-19-15/h3-5,8H,6-7,9-11H2,1-2H3,(H,17,23)(H,18,19,20,21). The molecule has 1 aliphatic heterocycles. The Morgan fingerprint density at radius 1 is 1.39 bits per heavy atom. The first-order valence-electron chi connectivity index (χ1n) is 7.84. The Balaban J connectivity index is 1.44. The molecule has 1 aromatic heterocycles. The zero-order valence-electron chi connectivity index (χ0n) is 13.5. The fourth-order valence-electron chi connectivity index (χ4n) is 3.03. The van der Waals surface area contributed by atoms with Crippen molar-refractivity contribution in [3.63, 3.8) is 0 Å². The summed E-state index contributed by atoms with van der Waals surface area (Å²) in [5, 5.41) is 16.9. The van der Waals surface area contributed by atoms with Crippen molar-refractivity contribution < 1.29 is 4.79 Å². The lowest BCUT2D eigenvalue weighted by Crippen LogP contribution is -2.55. The van der Waals surface area contributed by atoms with Crippen LogP contribution in [-0.2, 0) is 11.2 Å². The third kappa shape index (κ3) is 4.13. The van der Waals surface area contributed by atoms with Crippen LogP contribution in [0.3, 0.4) is 0 Å². The summed E-state index contributed by atoms with van der Waals surface area (Å²) >= 11 is 0. The van der Waals surface area contributed by atoms with Gasteiger partial charge < -0.3 is 5.32 Å². The normalized spacial score (nSPS) is 16.8. The van der Waals surface area contributed by atoms with E-state index in [-0.39, 0.29) is 5.91 Å². The van der Waals surface area contributed by atoms with Gasteiger partial charge >= 0.3 is 0 Å². The van der Waals surface area contributed by atoms with Gasteiger partial charge in [-0.05, 0) is 28.7 Å². The molecule has 1 amide bonds. The number of amides is 1. The second-order valence-corrected chi connectivity index (χ2v) is 6.85. The number of carbonyl (C=O) groups excluding carboxylic acids is 1. The summed E-state index contributed by atoms with van der Waals surface area (Å²) in [5.74, 6) is 0.672. The van der Waals surface area contributed by atoms with Crippen LogP contribution in [0.25, 0.3) is 11.4 Å². The van der Waals surface area contributed by atoms with E-state index in [1.165, 1.54) is 0 Å². The van der Waals surface area contributed by atoms with E-state index in [2.05, 4.69) is 44.7 Å². The predicted molar refractivity (Wildman–Crippen MR) is 86.5 cm³/mol. The predicted octanol–water partition coefficient (Wildman–Crippen LogP) is 0.867. The van der Waals surface area contributed by atoms with Crippen LogP contribution in [0, 0.1) is 5.41 Å². The third-order valence-corrected chi connectivity index (χ3v) is 3.94. The summed E-state index contributed by atoms with van der Waals surface area (Å²) in [5.41, 5.74) is 2.42. The van der Waals surface area contributed by atoms with E-state index in [1.807, 2.05) is 24.3 Å². The molecule has 7 nitrogen and oxygen atoms in total. The number of tetrazole rings is 1. The number of likely N-dealkylation sites (tertiary alicyclic amines) is 1. The number of hydrogen-bond acceptors (Lipinski definition) is 5. The zero-order chi connectivity index (χ0) is 16.3. The Morgan fingerprint density at radius 2 is 2.22 bits per heavy atom. The number of nitrogens with one attached hydrogen (secondary N) is 2. The van der Waals surface area contributed by atoms with Gasteiger partial charge in [0.05, 0.1) is 6.54 Å². The highest BCUT2D eigenvalue weighted by molar-refractivity contribution is 5.78. The van der Waals surface area contributed by atoms with Gasteiger partial charge in [0.15, 0.2) is 0 Å². The summed E-state index contributed by atoms with van der Waals surface area (Å²) in [6.45, 7) is 7.55. The van der Waals surface area contributed by atoms with Gasteiger partial charge in [0.25, 0.3) is 0 Å². The Morgan fingerprint density at radius 3 is 2.91 bits per heavy atom. The largest absolute Gasteiger partial charge is 0.355 e. The van der Waals surface area contributed by atoms with E-state index in [4.69, 9.17) is 0 Å². The molecule has 0 atom stereocenters. The highest BCUT2D eigenvalue weighted by Gasteiger charge is 2.34. The van der Waals surface area contributed by atoms with Gasteiger partial charge in [0.2, 0.25) is 11.7 Å². The first-order chi connectivity index (χ1) is 11.0. The molecule has 2 heterocycles. The number of carbonyl (C=O) groups is 1. The fraction of sp³-hybridized carbons (Fsp3) is 0.500. The van der Waals surface area contributed by atoms with Gasteiger partial charge in [-0.3, -0.25) is 9.69 Å². The lowest BCUT2D eigenvalue weighted by Gasteiger charge is -2.45. The van der Waals surface area contributed by atoms with E-state index < -0.39 is 0 Å².